The van der Waals surface area contributed by atoms with Crippen molar-refractivity contribution < 1.29 is 18.7 Å². The molecule has 0 saturated carbocycles. The highest BCUT2D eigenvalue weighted by Gasteiger charge is 2.24. The fourth-order valence-corrected chi connectivity index (χ4v) is 3.09. The number of fused-ring (bicyclic) bond motifs is 1. The molecule has 0 fully saturated rings. The van der Waals surface area contributed by atoms with Gasteiger partial charge in [0.1, 0.15) is 11.3 Å². The fourth-order valence-electron chi connectivity index (χ4n) is 2.83. The maximum Gasteiger partial charge on any atom is 0.230 e. The van der Waals surface area contributed by atoms with Crippen molar-refractivity contribution in [3.05, 3.63) is 58.8 Å². The molecule has 0 radical (unpaired) electrons. The van der Waals surface area contributed by atoms with Crippen molar-refractivity contribution in [3.8, 4) is 5.75 Å². The summed E-state index contributed by atoms with van der Waals surface area (Å²) in [6.07, 6.45) is 0.349. The molecule has 1 N–H and O–H groups in total. The molecule has 0 saturated heterocycles. The maximum absolute atomic E-state index is 13.0. The van der Waals surface area contributed by atoms with Crippen LogP contribution in [0.1, 0.15) is 36.4 Å². The minimum atomic E-state index is -0.365. The number of halogens is 1. The number of anilines is 1. The first-order chi connectivity index (χ1) is 12.9. The number of nitrogens with one attached hydrogen (secondary N) is 1. The number of amides is 1. The molecule has 1 heterocycles. The second-order valence-electron chi connectivity index (χ2n) is 6.63. The smallest absolute Gasteiger partial charge is 0.230 e. The summed E-state index contributed by atoms with van der Waals surface area (Å²) in [5, 5.41) is 3.84. The summed E-state index contributed by atoms with van der Waals surface area (Å²) in [6, 6.07) is 12.0. The average Bonchev–Trinajstić information content (AvgIpc) is 2.99. The number of hydrogen-bond acceptors (Lipinski definition) is 4. The van der Waals surface area contributed by atoms with Gasteiger partial charge in [0.15, 0.2) is 5.76 Å². The van der Waals surface area contributed by atoms with Crippen molar-refractivity contribution in [1.82, 2.24) is 0 Å². The van der Waals surface area contributed by atoms with Crippen LogP contribution in [-0.4, -0.2) is 18.8 Å². The third kappa shape index (κ3) is 3.98. The number of ketones is 1. The van der Waals surface area contributed by atoms with E-state index in [0.717, 1.165) is 0 Å². The number of methoxy groups -OCH3 is 1. The van der Waals surface area contributed by atoms with Crippen molar-refractivity contribution in [2.45, 2.75) is 20.3 Å². The minimum Gasteiger partial charge on any atom is -0.495 e. The number of hydrogen-bond donors (Lipinski definition) is 1. The number of furan rings is 1. The number of para-hydroxylation sites is 1. The summed E-state index contributed by atoms with van der Waals surface area (Å²) in [5.41, 5.74) is 1.26. The second-order valence-corrected chi connectivity index (χ2v) is 7.03. The lowest BCUT2D eigenvalue weighted by atomic mass is 10.1. The Bertz CT molecular complexity index is 1010. The topological polar surface area (TPSA) is 68.5 Å². The molecular weight excluding hydrogens is 366 g/mol. The van der Waals surface area contributed by atoms with Gasteiger partial charge in [0.2, 0.25) is 11.7 Å². The van der Waals surface area contributed by atoms with E-state index < -0.39 is 0 Å². The molecule has 0 unspecified atom stereocenters. The monoisotopic (exact) mass is 385 g/mol. The molecule has 27 heavy (non-hydrogen) atoms. The summed E-state index contributed by atoms with van der Waals surface area (Å²) in [4.78, 5) is 25.4. The molecule has 0 aliphatic carbocycles. The Labute approximate surface area is 162 Å². The highest BCUT2D eigenvalue weighted by molar-refractivity contribution is 6.32. The number of carbonyl (C=O) groups is 2. The van der Waals surface area contributed by atoms with Gasteiger partial charge in [-0.3, -0.25) is 9.59 Å². The van der Waals surface area contributed by atoms with Crippen molar-refractivity contribution in [3.63, 3.8) is 0 Å². The molecule has 3 rings (SSSR count). The molecule has 0 bridgehead atoms. The number of rotatable bonds is 6. The van der Waals surface area contributed by atoms with E-state index in [9.17, 15) is 9.59 Å². The van der Waals surface area contributed by atoms with Gasteiger partial charge in [-0.25, -0.2) is 0 Å². The van der Waals surface area contributed by atoms with Crippen molar-refractivity contribution in [2.24, 2.45) is 5.92 Å². The van der Waals surface area contributed by atoms with Crippen LogP contribution in [0.5, 0.6) is 5.75 Å². The first kappa shape index (κ1) is 19.0. The molecule has 1 amide bonds. The van der Waals surface area contributed by atoms with E-state index in [1.165, 1.54) is 13.2 Å². The normalized spacial score (nSPS) is 11.0. The molecular formula is C21H20ClNO4. The predicted octanol–water partition coefficient (Wildman–Crippen LogP) is 5.31. The van der Waals surface area contributed by atoms with E-state index in [1.54, 1.807) is 18.2 Å². The summed E-state index contributed by atoms with van der Waals surface area (Å²) in [6.45, 7) is 3.91. The molecule has 3 aromatic rings. The summed E-state index contributed by atoms with van der Waals surface area (Å²) >= 11 is 6.14. The standard InChI is InChI=1S/C21H20ClNO4/c1-12(2)10-18(24)23-19-14-6-4-5-7-16(14)27-21(19)20(25)13-8-9-17(26-3)15(22)11-13/h4-9,11-12H,10H2,1-3H3,(H,23,24). The number of benzene rings is 2. The second kappa shape index (κ2) is 7.84. The van der Waals surface area contributed by atoms with E-state index in [4.69, 9.17) is 20.8 Å². The fraction of sp³-hybridized carbons (Fsp3) is 0.238. The number of ether oxygens (including phenoxy) is 1. The largest absolute Gasteiger partial charge is 0.495 e. The Morgan fingerprint density at radius 3 is 2.59 bits per heavy atom. The molecule has 2 aromatic carbocycles. The zero-order chi connectivity index (χ0) is 19.6. The quantitative estimate of drug-likeness (QED) is 0.584. The van der Waals surface area contributed by atoms with Crippen LogP contribution in [0, 0.1) is 5.92 Å². The Morgan fingerprint density at radius 2 is 1.93 bits per heavy atom. The Balaban J connectivity index is 2.05. The zero-order valence-corrected chi connectivity index (χ0v) is 16.1. The van der Waals surface area contributed by atoms with Gasteiger partial charge in [-0.2, -0.15) is 0 Å². The van der Waals surface area contributed by atoms with Gasteiger partial charge in [0, 0.05) is 17.4 Å². The highest BCUT2D eigenvalue weighted by Crippen LogP contribution is 2.34. The average molecular weight is 386 g/mol. The summed E-state index contributed by atoms with van der Waals surface area (Å²) in [7, 11) is 1.50. The first-order valence-electron chi connectivity index (χ1n) is 8.60. The number of carbonyl (C=O) groups excluding carboxylic acids is 2. The van der Waals surface area contributed by atoms with Crippen LogP contribution in [-0.2, 0) is 4.79 Å². The summed E-state index contributed by atoms with van der Waals surface area (Å²) in [5.74, 6) is 0.217. The van der Waals surface area contributed by atoms with Crippen LogP contribution >= 0.6 is 11.6 Å². The SMILES string of the molecule is COc1ccc(C(=O)c2oc3ccccc3c2NC(=O)CC(C)C)cc1Cl. The molecule has 6 heteroatoms. The maximum atomic E-state index is 13.0. The van der Waals surface area contributed by atoms with E-state index in [1.807, 2.05) is 32.0 Å². The van der Waals surface area contributed by atoms with Crippen LogP contribution in [0.2, 0.25) is 5.02 Å². The lowest BCUT2D eigenvalue weighted by Gasteiger charge is -2.08. The zero-order valence-electron chi connectivity index (χ0n) is 15.3. The van der Waals surface area contributed by atoms with Crippen LogP contribution in [0.3, 0.4) is 0 Å². The van der Waals surface area contributed by atoms with E-state index >= 15 is 0 Å². The van der Waals surface area contributed by atoms with E-state index in [2.05, 4.69) is 5.32 Å². The summed E-state index contributed by atoms with van der Waals surface area (Å²) < 4.78 is 10.9. The van der Waals surface area contributed by atoms with Crippen LogP contribution in [0.15, 0.2) is 46.9 Å². The highest BCUT2D eigenvalue weighted by atomic mass is 35.5. The van der Waals surface area contributed by atoms with Gasteiger partial charge >= 0.3 is 0 Å². The molecule has 140 valence electrons. The lowest BCUT2D eigenvalue weighted by molar-refractivity contribution is -0.116. The van der Waals surface area contributed by atoms with Crippen molar-refractivity contribution in [1.29, 1.82) is 0 Å². The van der Waals surface area contributed by atoms with Crippen molar-refractivity contribution >= 4 is 39.9 Å². The van der Waals surface area contributed by atoms with Gasteiger partial charge in [0.05, 0.1) is 17.8 Å². The van der Waals surface area contributed by atoms with Crippen LogP contribution in [0.25, 0.3) is 11.0 Å². The van der Waals surface area contributed by atoms with Crippen molar-refractivity contribution in [2.75, 3.05) is 12.4 Å². The van der Waals surface area contributed by atoms with Gasteiger partial charge in [-0.05, 0) is 36.2 Å². The Morgan fingerprint density at radius 1 is 1.19 bits per heavy atom. The molecule has 0 spiro atoms. The van der Waals surface area contributed by atoms with Gasteiger partial charge in [-0.15, -0.1) is 0 Å². The van der Waals surface area contributed by atoms with Gasteiger partial charge < -0.3 is 14.5 Å². The molecule has 0 aliphatic rings. The van der Waals surface area contributed by atoms with Crippen LogP contribution < -0.4 is 10.1 Å². The van der Waals surface area contributed by atoms with E-state index in [0.29, 0.717) is 39.4 Å². The molecule has 0 aliphatic heterocycles. The van der Waals surface area contributed by atoms with Gasteiger partial charge in [-0.1, -0.05) is 37.6 Å². The molecule has 1 aromatic heterocycles. The minimum absolute atomic E-state index is 0.0783. The molecule has 5 nitrogen and oxygen atoms in total. The predicted molar refractivity (Wildman–Crippen MR) is 106 cm³/mol. The third-order valence-corrected chi connectivity index (χ3v) is 4.37. The Hall–Kier alpha value is -2.79. The molecule has 0 atom stereocenters. The first-order valence-corrected chi connectivity index (χ1v) is 8.98. The van der Waals surface area contributed by atoms with E-state index in [-0.39, 0.29) is 23.4 Å². The van der Waals surface area contributed by atoms with Crippen LogP contribution in [0.4, 0.5) is 5.69 Å². The van der Waals surface area contributed by atoms with Gasteiger partial charge in [0.25, 0.3) is 0 Å². The Kier molecular flexibility index (Phi) is 5.51. The lowest BCUT2D eigenvalue weighted by Crippen LogP contribution is -2.15. The third-order valence-electron chi connectivity index (χ3n) is 4.07.